The van der Waals surface area contributed by atoms with Crippen LogP contribution in [0.4, 0.5) is 5.13 Å². The summed E-state index contributed by atoms with van der Waals surface area (Å²) >= 11 is 5.63. The molecule has 15 heteroatoms. The van der Waals surface area contributed by atoms with Crippen LogP contribution in [-0.4, -0.2) is 62.6 Å². The van der Waals surface area contributed by atoms with Crippen LogP contribution in [0.3, 0.4) is 0 Å². The van der Waals surface area contributed by atoms with E-state index in [4.69, 9.17) is 14.6 Å². The molecule has 2 aromatic heterocycles. The highest BCUT2D eigenvalue weighted by molar-refractivity contribution is 8.08. The number of thiazole rings is 2. The standard InChI is InChI=1S/C51H42N6O5S4/c1-33-40(66-32-52-33)28-29-63-41-31-64-48-43(47(59)57(48)44(41)49(60)62-45(34-18-8-3-9-19-34)35-20-10-4-11-21-35)54-46(58)42(56-61-2)39-30-65-50(53-39)55-51(36-22-12-5-13-23-36,37-24-14-6-15-25-37)38-26-16-7-17-27-38/h3-30,32,43,45,48H,31H2,1-2H3,(H,53,55)(H,54,58)/b29-28-,56-42-/t43-,48-/m1/s1. The number of nitrogens with one attached hydrogen (secondary N) is 2. The SMILES string of the molecule is CO/N=C(\C(=O)N[C@@H]1C(=O)N2C(C(=O)OC(c3ccccc3)c3ccccc3)=C(S/C=C\c3scnc3C)CS[C@H]12)c1csc(NC(c2ccccc2)(c2ccccc2)c2ccccc2)n1. The molecule has 11 nitrogen and oxygen atoms in total. The summed E-state index contributed by atoms with van der Waals surface area (Å²) in [5, 5.41) is 14.3. The van der Waals surface area contributed by atoms with E-state index in [0.29, 0.717) is 15.8 Å². The van der Waals surface area contributed by atoms with Gasteiger partial charge in [0.05, 0.1) is 16.1 Å². The van der Waals surface area contributed by atoms with Crippen molar-refractivity contribution in [2.24, 2.45) is 5.16 Å². The summed E-state index contributed by atoms with van der Waals surface area (Å²) in [5.74, 6) is -1.38. The first-order valence-electron chi connectivity index (χ1n) is 20.9. The van der Waals surface area contributed by atoms with Crippen molar-refractivity contribution in [3.63, 3.8) is 0 Å². The van der Waals surface area contributed by atoms with Crippen molar-refractivity contribution in [1.29, 1.82) is 0 Å². The van der Waals surface area contributed by atoms with E-state index in [-0.39, 0.29) is 17.1 Å². The molecule has 7 aromatic rings. The molecule has 2 amide bonds. The van der Waals surface area contributed by atoms with Gasteiger partial charge in [-0.25, -0.2) is 14.8 Å². The van der Waals surface area contributed by atoms with Gasteiger partial charge in [0.15, 0.2) is 16.9 Å². The van der Waals surface area contributed by atoms with Crippen molar-refractivity contribution >= 4 is 80.9 Å². The second-order valence-electron chi connectivity index (χ2n) is 15.1. The smallest absolute Gasteiger partial charge is 0.356 e. The second-order valence-corrected chi connectivity index (χ2v) is 18.9. The zero-order valence-electron chi connectivity index (χ0n) is 35.6. The number of hydrogen-bond acceptors (Lipinski definition) is 13. The van der Waals surface area contributed by atoms with Crippen molar-refractivity contribution in [3.8, 4) is 0 Å². The van der Waals surface area contributed by atoms with Gasteiger partial charge in [0.25, 0.3) is 11.8 Å². The molecule has 1 saturated heterocycles. The van der Waals surface area contributed by atoms with Crippen LogP contribution in [0.25, 0.3) is 6.08 Å². The Morgan fingerprint density at radius 2 is 1.39 bits per heavy atom. The first kappa shape index (κ1) is 44.4. The number of nitrogens with zero attached hydrogens (tertiary/aromatic N) is 4. The molecule has 2 aliphatic rings. The molecule has 0 bridgehead atoms. The molecule has 0 unspecified atom stereocenters. The van der Waals surface area contributed by atoms with Crippen LogP contribution in [0.1, 0.15) is 50.2 Å². The lowest BCUT2D eigenvalue weighted by molar-refractivity contribution is -0.154. The van der Waals surface area contributed by atoms with E-state index in [1.165, 1.54) is 58.2 Å². The molecule has 5 aromatic carbocycles. The van der Waals surface area contributed by atoms with Gasteiger partial charge in [-0.1, -0.05) is 169 Å². The van der Waals surface area contributed by atoms with E-state index in [2.05, 4.69) is 57.2 Å². The molecular weight excluding hydrogens is 905 g/mol. The number of β-lactam (4-membered cyclic amide) rings is 1. The minimum absolute atomic E-state index is 0.109. The lowest BCUT2D eigenvalue weighted by Crippen LogP contribution is -2.71. The minimum atomic E-state index is -0.980. The summed E-state index contributed by atoms with van der Waals surface area (Å²) in [7, 11) is 1.35. The fourth-order valence-corrected chi connectivity index (χ4v) is 11.8. The predicted octanol–water partition coefficient (Wildman–Crippen LogP) is 10.0. The zero-order chi connectivity index (χ0) is 45.5. The Labute approximate surface area is 398 Å². The Morgan fingerprint density at radius 1 is 0.833 bits per heavy atom. The number of fused-ring (bicyclic) bond motifs is 1. The Hall–Kier alpha value is -6.78. The number of rotatable bonds is 16. The highest BCUT2D eigenvalue weighted by Crippen LogP contribution is 2.45. The van der Waals surface area contributed by atoms with Crippen LogP contribution >= 0.6 is 46.2 Å². The van der Waals surface area contributed by atoms with Gasteiger partial charge in [-0.15, -0.1) is 34.4 Å². The fraction of sp³-hybridized carbons (Fsp3) is 0.137. The van der Waals surface area contributed by atoms with Gasteiger partial charge >= 0.3 is 5.97 Å². The topological polar surface area (TPSA) is 135 Å². The summed E-state index contributed by atoms with van der Waals surface area (Å²) in [6.45, 7) is 1.94. The number of thioether (sulfide) groups is 2. The number of hydrogen-bond donors (Lipinski definition) is 2. The number of carbonyl (C=O) groups is 3. The fourth-order valence-electron chi connectivity index (χ4n) is 7.95. The van der Waals surface area contributed by atoms with E-state index < -0.39 is 40.8 Å². The van der Waals surface area contributed by atoms with Gasteiger partial charge in [-0.3, -0.25) is 14.5 Å². The number of amides is 2. The monoisotopic (exact) mass is 946 g/mol. The third-order valence-corrected chi connectivity index (χ3v) is 15.1. The number of oxime groups is 1. The van der Waals surface area contributed by atoms with Gasteiger partial charge in [-0.2, -0.15) is 0 Å². The molecule has 4 heterocycles. The van der Waals surface area contributed by atoms with Crippen molar-refractivity contribution in [3.05, 3.63) is 223 Å². The lowest BCUT2D eigenvalue weighted by atomic mass is 9.77. The van der Waals surface area contributed by atoms with Gasteiger partial charge < -0.3 is 20.2 Å². The van der Waals surface area contributed by atoms with Crippen LogP contribution in [0, 0.1) is 6.92 Å². The van der Waals surface area contributed by atoms with E-state index in [1.54, 1.807) is 10.9 Å². The van der Waals surface area contributed by atoms with E-state index >= 15 is 0 Å². The van der Waals surface area contributed by atoms with Gasteiger partial charge in [0.2, 0.25) is 0 Å². The summed E-state index contributed by atoms with van der Waals surface area (Å²) in [6, 6.07) is 48.4. The van der Waals surface area contributed by atoms with Crippen molar-refractivity contribution in [2.75, 3.05) is 18.2 Å². The molecule has 2 atom stereocenters. The Kier molecular flexibility index (Phi) is 13.6. The zero-order valence-corrected chi connectivity index (χ0v) is 38.9. The van der Waals surface area contributed by atoms with Crippen LogP contribution in [0.15, 0.2) is 184 Å². The number of aryl methyl sites for hydroxylation is 1. The number of anilines is 1. The molecule has 0 saturated carbocycles. The molecule has 9 rings (SSSR count). The van der Waals surface area contributed by atoms with Gasteiger partial charge in [0, 0.05) is 16.0 Å². The van der Waals surface area contributed by atoms with Crippen molar-refractivity contribution in [2.45, 2.75) is 30.0 Å². The second kappa shape index (κ2) is 20.2. The quantitative estimate of drug-likeness (QED) is 0.0317. The molecular formula is C51H42N6O5S4. The third kappa shape index (κ3) is 9.07. The maximum atomic E-state index is 14.6. The average molecular weight is 947 g/mol. The van der Waals surface area contributed by atoms with Crippen LogP contribution in [0.2, 0.25) is 0 Å². The molecule has 66 heavy (non-hydrogen) atoms. The Morgan fingerprint density at radius 3 is 1.92 bits per heavy atom. The van der Waals surface area contributed by atoms with E-state index in [0.717, 1.165) is 38.4 Å². The normalized spacial score (nSPS) is 16.2. The molecule has 1 fully saturated rings. The number of benzene rings is 5. The van der Waals surface area contributed by atoms with Crippen LogP contribution < -0.4 is 10.6 Å². The number of carbonyl (C=O) groups excluding carboxylic acids is 3. The van der Waals surface area contributed by atoms with Crippen molar-refractivity contribution in [1.82, 2.24) is 20.2 Å². The van der Waals surface area contributed by atoms with Crippen LogP contribution in [0.5, 0.6) is 0 Å². The molecule has 0 aliphatic carbocycles. The van der Waals surface area contributed by atoms with Crippen LogP contribution in [-0.2, 0) is 29.5 Å². The maximum absolute atomic E-state index is 14.6. The Bertz CT molecular complexity index is 2770. The third-order valence-electron chi connectivity index (χ3n) is 11.1. The minimum Gasteiger partial charge on any atom is -0.448 e. The predicted molar refractivity (Wildman–Crippen MR) is 265 cm³/mol. The number of ether oxygens (including phenoxy) is 1. The first-order chi connectivity index (χ1) is 32.4. The van der Waals surface area contributed by atoms with E-state index in [9.17, 15) is 14.4 Å². The molecule has 330 valence electrons. The largest absolute Gasteiger partial charge is 0.448 e. The first-order valence-corrected chi connectivity index (χ1v) is 24.6. The number of aromatic nitrogens is 2. The van der Waals surface area contributed by atoms with Crippen molar-refractivity contribution < 1.29 is 24.0 Å². The maximum Gasteiger partial charge on any atom is 0.356 e. The summed E-state index contributed by atoms with van der Waals surface area (Å²) in [4.78, 5) is 60.7. The molecule has 2 N–H and O–H groups in total. The summed E-state index contributed by atoms with van der Waals surface area (Å²) < 4.78 is 6.35. The lowest BCUT2D eigenvalue weighted by Gasteiger charge is -2.49. The average Bonchev–Trinajstić information content (AvgIpc) is 4.02. The summed E-state index contributed by atoms with van der Waals surface area (Å²) in [6.07, 6.45) is 1.21. The molecule has 2 aliphatic heterocycles. The highest BCUT2D eigenvalue weighted by atomic mass is 32.2. The Balaban J connectivity index is 0.985. The van der Waals surface area contributed by atoms with Gasteiger partial charge in [-0.05, 0) is 46.2 Å². The summed E-state index contributed by atoms with van der Waals surface area (Å²) in [5.41, 5.74) is 6.63. The number of esters is 1. The molecule has 0 radical (unpaired) electrons. The molecule has 0 spiro atoms. The van der Waals surface area contributed by atoms with Gasteiger partial charge in [0.1, 0.15) is 35.5 Å². The van der Waals surface area contributed by atoms with E-state index in [1.807, 2.05) is 134 Å². The highest BCUT2D eigenvalue weighted by Gasteiger charge is 2.55.